The van der Waals surface area contributed by atoms with Crippen molar-refractivity contribution in [2.75, 3.05) is 31.1 Å². The molecule has 0 aromatic carbocycles. The standard InChI is InChI=1S/C13H26N2S/c1-10(2)11-3-5-15(8-11)13(7-14)12-4-6-16-9-12/h10-13H,3-9,14H2,1-2H3. The Morgan fingerprint density at radius 2 is 2.12 bits per heavy atom. The van der Waals surface area contributed by atoms with Crippen LogP contribution >= 0.6 is 11.8 Å². The molecule has 0 bridgehead atoms. The molecule has 0 aromatic heterocycles. The van der Waals surface area contributed by atoms with Crippen LogP contribution in [0.2, 0.25) is 0 Å². The maximum Gasteiger partial charge on any atom is 0.0254 e. The predicted octanol–water partition coefficient (Wildman–Crippen LogP) is 2.04. The summed E-state index contributed by atoms with van der Waals surface area (Å²) >= 11 is 2.11. The van der Waals surface area contributed by atoms with E-state index in [4.69, 9.17) is 5.73 Å². The van der Waals surface area contributed by atoms with E-state index in [1.54, 1.807) is 0 Å². The Bertz CT molecular complexity index is 214. The van der Waals surface area contributed by atoms with Crippen LogP contribution in [-0.4, -0.2) is 42.1 Å². The molecule has 0 spiro atoms. The molecule has 0 aliphatic carbocycles. The van der Waals surface area contributed by atoms with Gasteiger partial charge in [0.2, 0.25) is 0 Å². The Morgan fingerprint density at radius 1 is 1.31 bits per heavy atom. The minimum Gasteiger partial charge on any atom is -0.329 e. The van der Waals surface area contributed by atoms with E-state index in [-0.39, 0.29) is 0 Å². The largest absolute Gasteiger partial charge is 0.329 e. The first-order valence-corrected chi connectivity index (χ1v) is 7.89. The van der Waals surface area contributed by atoms with Crippen LogP contribution in [-0.2, 0) is 0 Å². The summed E-state index contributed by atoms with van der Waals surface area (Å²) < 4.78 is 0. The summed E-state index contributed by atoms with van der Waals surface area (Å²) in [5.74, 6) is 5.29. The fourth-order valence-electron chi connectivity index (χ4n) is 3.16. The van der Waals surface area contributed by atoms with E-state index in [0.29, 0.717) is 6.04 Å². The van der Waals surface area contributed by atoms with Crippen LogP contribution in [0.25, 0.3) is 0 Å². The summed E-state index contributed by atoms with van der Waals surface area (Å²) in [4.78, 5) is 2.68. The van der Waals surface area contributed by atoms with Crippen molar-refractivity contribution in [3.05, 3.63) is 0 Å². The van der Waals surface area contributed by atoms with E-state index in [1.807, 2.05) is 0 Å². The molecule has 0 aromatic rings. The molecule has 3 unspecified atom stereocenters. The van der Waals surface area contributed by atoms with Gasteiger partial charge in [0.15, 0.2) is 0 Å². The van der Waals surface area contributed by atoms with Gasteiger partial charge in [0.25, 0.3) is 0 Å². The van der Waals surface area contributed by atoms with Crippen LogP contribution in [0, 0.1) is 17.8 Å². The van der Waals surface area contributed by atoms with Crippen molar-refractivity contribution in [3.8, 4) is 0 Å². The SMILES string of the molecule is CC(C)C1CCN(C(CN)C2CCSC2)C1. The summed E-state index contributed by atoms with van der Waals surface area (Å²) in [6, 6.07) is 0.666. The maximum absolute atomic E-state index is 6.00. The number of nitrogens with two attached hydrogens (primary N) is 1. The fraction of sp³-hybridized carbons (Fsp3) is 1.00. The fourth-order valence-corrected chi connectivity index (χ4v) is 4.48. The molecule has 2 rings (SSSR count). The molecule has 2 N–H and O–H groups in total. The average Bonchev–Trinajstić information content (AvgIpc) is 2.88. The normalized spacial score (nSPS) is 33.8. The molecule has 2 fully saturated rings. The Morgan fingerprint density at radius 3 is 2.62 bits per heavy atom. The Labute approximate surface area is 104 Å². The number of thioether (sulfide) groups is 1. The van der Waals surface area contributed by atoms with Gasteiger partial charge in [0.1, 0.15) is 0 Å². The van der Waals surface area contributed by atoms with Crippen molar-refractivity contribution in [1.29, 1.82) is 0 Å². The lowest BCUT2D eigenvalue weighted by Crippen LogP contribution is -2.44. The van der Waals surface area contributed by atoms with E-state index in [2.05, 4.69) is 30.5 Å². The number of hydrogen-bond donors (Lipinski definition) is 1. The van der Waals surface area contributed by atoms with Crippen LogP contribution in [0.15, 0.2) is 0 Å². The zero-order chi connectivity index (χ0) is 11.5. The lowest BCUT2D eigenvalue weighted by Gasteiger charge is -2.31. The van der Waals surface area contributed by atoms with Gasteiger partial charge < -0.3 is 5.73 Å². The minimum atomic E-state index is 0.666. The third-order valence-electron chi connectivity index (χ3n) is 4.42. The van der Waals surface area contributed by atoms with Crippen molar-refractivity contribution in [3.63, 3.8) is 0 Å². The molecule has 16 heavy (non-hydrogen) atoms. The first kappa shape index (κ1) is 12.7. The van der Waals surface area contributed by atoms with Gasteiger partial charge in [0, 0.05) is 19.1 Å². The molecule has 0 saturated carbocycles. The van der Waals surface area contributed by atoms with Crippen LogP contribution in [0.1, 0.15) is 26.7 Å². The van der Waals surface area contributed by atoms with E-state index in [1.165, 1.54) is 37.4 Å². The second-order valence-corrected chi connectivity index (χ2v) is 6.86. The zero-order valence-electron chi connectivity index (χ0n) is 10.7. The quantitative estimate of drug-likeness (QED) is 0.818. The summed E-state index contributed by atoms with van der Waals surface area (Å²) in [6.45, 7) is 8.15. The molecule has 2 aliphatic rings. The van der Waals surface area contributed by atoms with Gasteiger partial charge in [-0.15, -0.1) is 0 Å². The highest BCUT2D eigenvalue weighted by molar-refractivity contribution is 7.99. The van der Waals surface area contributed by atoms with Crippen LogP contribution in [0.3, 0.4) is 0 Å². The summed E-state index contributed by atoms with van der Waals surface area (Å²) in [5.41, 5.74) is 6.00. The first-order valence-electron chi connectivity index (χ1n) is 6.74. The summed E-state index contributed by atoms with van der Waals surface area (Å²) in [5, 5.41) is 0. The Kier molecular flexibility index (Phi) is 4.57. The van der Waals surface area contributed by atoms with Gasteiger partial charge in [-0.05, 0) is 48.6 Å². The third kappa shape index (κ3) is 2.74. The van der Waals surface area contributed by atoms with Crippen molar-refractivity contribution in [1.82, 2.24) is 4.90 Å². The maximum atomic E-state index is 6.00. The molecule has 3 heteroatoms. The van der Waals surface area contributed by atoms with Gasteiger partial charge in [0.05, 0.1) is 0 Å². The molecule has 3 atom stereocenters. The molecule has 2 heterocycles. The lowest BCUT2D eigenvalue weighted by molar-refractivity contribution is 0.179. The van der Waals surface area contributed by atoms with Crippen LogP contribution in [0.5, 0.6) is 0 Å². The highest BCUT2D eigenvalue weighted by atomic mass is 32.2. The molecular formula is C13H26N2S. The van der Waals surface area contributed by atoms with Crippen molar-refractivity contribution < 1.29 is 0 Å². The first-order chi connectivity index (χ1) is 7.72. The number of hydrogen-bond acceptors (Lipinski definition) is 3. The second-order valence-electron chi connectivity index (χ2n) is 5.71. The van der Waals surface area contributed by atoms with Crippen molar-refractivity contribution in [2.24, 2.45) is 23.5 Å². The van der Waals surface area contributed by atoms with E-state index >= 15 is 0 Å². The zero-order valence-corrected chi connectivity index (χ0v) is 11.5. The highest BCUT2D eigenvalue weighted by Gasteiger charge is 2.34. The van der Waals surface area contributed by atoms with E-state index < -0.39 is 0 Å². The monoisotopic (exact) mass is 242 g/mol. The number of nitrogens with zero attached hydrogens (tertiary/aromatic N) is 1. The smallest absolute Gasteiger partial charge is 0.0254 e. The van der Waals surface area contributed by atoms with Crippen molar-refractivity contribution in [2.45, 2.75) is 32.7 Å². The third-order valence-corrected chi connectivity index (χ3v) is 5.61. The molecule has 0 radical (unpaired) electrons. The second kappa shape index (κ2) is 5.74. The molecule has 2 nitrogen and oxygen atoms in total. The van der Waals surface area contributed by atoms with E-state index in [0.717, 1.165) is 24.3 Å². The molecule has 2 aliphatic heterocycles. The van der Waals surface area contributed by atoms with Gasteiger partial charge in [-0.1, -0.05) is 13.8 Å². The summed E-state index contributed by atoms with van der Waals surface area (Å²) in [7, 11) is 0. The average molecular weight is 242 g/mol. The van der Waals surface area contributed by atoms with E-state index in [9.17, 15) is 0 Å². The predicted molar refractivity (Wildman–Crippen MR) is 72.8 cm³/mol. The van der Waals surface area contributed by atoms with Crippen molar-refractivity contribution >= 4 is 11.8 Å². The topological polar surface area (TPSA) is 29.3 Å². The minimum absolute atomic E-state index is 0.666. The molecule has 2 saturated heterocycles. The molecular weight excluding hydrogens is 216 g/mol. The number of rotatable bonds is 4. The van der Waals surface area contributed by atoms with Gasteiger partial charge in [-0.3, -0.25) is 4.90 Å². The highest BCUT2D eigenvalue weighted by Crippen LogP contribution is 2.32. The van der Waals surface area contributed by atoms with Gasteiger partial charge >= 0.3 is 0 Å². The Balaban J connectivity index is 1.90. The van der Waals surface area contributed by atoms with Gasteiger partial charge in [-0.2, -0.15) is 11.8 Å². The lowest BCUT2D eigenvalue weighted by atomic mass is 9.95. The molecule has 0 amide bonds. The van der Waals surface area contributed by atoms with Crippen LogP contribution in [0.4, 0.5) is 0 Å². The Hall–Kier alpha value is 0.270. The summed E-state index contributed by atoms with van der Waals surface area (Å²) in [6.07, 6.45) is 2.77. The molecule has 94 valence electrons. The van der Waals surface area contributed by atoms with Gasteiger partial charge in [-0.25, -0.2) is 0 Å². The number of likely N-dealkylation sites (tertiary alicyclic amines) is 1. The van der Waals surface area contributed by atoms with Crippen LogP contribution < -0.4 is 5.73 Å².